The SMILES string of the molecule is O=C1OC(Br)C(c2ccccc2)O1. The fourth-order valence-corrected chi connectivity index (χ4v) is 1.77. The van der Waals surface area contributed by atoms with Gasteiger partial charge in [-0.2, -0.15) is 0 Å². The molecule has 13 heavy (non-hydrogen) atoms. The van der Waals surface area contributed by atoms with E-state index in [-0.39, 0.29) is 11.1 Å². The molecule has 1 aliphatic rings. The average molecular weight is 243 g/mol. The molecule has 2 atom stereocenters. The smallest absolute Gasteiger partial charge is 0.421 e. The second kappa shape index (κ2) is 3.38. The zero-order valence-corrected chi connectivity index (χ0v) is 8.23. The first-order chi connectivity index (χ1) is 6.27. The molecule has 1 fully saturated rings. The average Bonchev–Trinajstić information content (AvgIpc) is 2.47. The first-order valence-corrected chi connectivity index (χ1v) is 4.75. The monoisotopic (exact) mass is 242 g/mol. The van der Waals surface area contributed by atoms with Gasteiger partial charge in [0.05, 0.1) is 0 Å². The molecule has 1 aliphatic heterocycles. The molecule has 2 rings (SSSR count). The summed E-state index contributed by atoms with van der Waals surface area (Å²) in [5.41, 5.74) is 0.926. The van der Waals surface area contributed by atoms with Gasteiger partial charge in [-0.15, -0.1) is 0 Å². The molecular formula is C9H7BrO3. The van der Waals surface area contributed by atoms with Crippen molar-refractivity contribution in [1.29, 1.82) is 0 Å². The predicted octanol–water partition coefficient (Wildman–Crippen LogP) is 2.62. The molecule has 0 radical (unpaired) electrons. The molecule has 0 aromatic heterocycles. The number of benzene rings is 1. The molecule has 0 amide bonds. The summed E-state index contributed by atoms with van der Waals surface area (Å²) >= 11 is 3.21. The van der Waals surface area contributed by atoms with Crippen LogP contribution in [-0.2, 0) is 9.47 Å². The third kappa shape index (κ3) is 1.67. The maximum atomic E-state index is 10.8. The Balaban J connectivity index is 2.23. The highest BCUT2D eigenvalue weighted by Crippen LogP contribution is 2.33. The highest BCUT2D eigenvalue weighted by atomic mass is 79.9. The number of hydrogen-bond donors (Lipinski definition) is 0. The van der Waals surface area contributed by atoms with Crippen molar-refractivity contribution in [3.05, 3.63) is 35.9 Å². The lowest BCUT2D eigenvalue weighted by atomic mass is 10.1. The number of cyclic esters (lactones) is 2. The second-order valence-electron chi connectivity index (χ2n) is 2.67. The Labute approximate surface area is 83.8 Å². The van der Waals surface area contributed by atoms with Crippen LogP contribution >= 0.6 is 15.9 Å². The summed E-state index contributed by atoms with van der Waals surface area (Å²) in [6.45, 7) is 0. The summed E-state index contributed by atoms with van der Waals surface area (Å²) in [6, 6.07) is 9.47. The minimum Gasteiger partial charge on any atom is -0.421 e. The Morgan fingerprint density at radius 2 is 1.85 bits per heavy atom. The lowest BCUT2D eigenvalue weighted by molar-refractivity contribution is 0.118. The minimum absolute atomic E-state index is 0.339. The number of alkyl halides is 1. The van der Waals surface area contributed by atoms with Gasteiger partial charge < -0.3 is 9.47 Å². The predicted molar refractivity (Wildman–Crippen MR) is 49.5 cm³/mol. The summed E-state index contributed by atoms with van der Waals surface area (Å²) in [7, 11) is 0. The zero-order chi connectivity index (χ0) is 9.26. The van der Waals surface area contributed by atoms with E-state index in [0.717, 1.165) is 5.56 Å². The van der Waals surface area contributed by atoms with Crippen LogP contribution in [0.25, 0.3) is 0 Å². The van der Waals surface area contributed by atoms with Crippen LogP contribution in [0, 0.1) is 0 Å². The van der Waals surface area contributed by atoms with Gasteiger partial charge in [-0.25, -0.2) is 4.79 Å². The van der Waals surface area contributed by atoms with E-state index < -0.39 is 6.16 Å². The van der Waals surface area contributed by atoms with Gasteiger partial charge in [0.15, 0.2) is 6.10 Å². The van der Waals surface area contributed by atoms with Crippen molar-refractivity contribution in [2.75, 3.05) is 0 Å². The van der Waals surface area contributed by atoms with Gasteiger partial charge in [-0.1, -0.05) is 30.3 Å². The Kier molecular flexibility index (Phi) is 2.22. The van der Waals surface area contributed by atoms with E-state index in [0.29, 0.717) is 0 Å². The van der Waals surface area contributed by atoms with E-state index in [1.165, 1.54) is 0 Å². The summed E-state index contributed by atoms with van der Waals surface area (Å²) in [5, 5.41) is -0.387. The molecule has 2 unspecified atom stereocenters. The largest absolute Gasteiger partial charge is 0.510 e. The molecule has 0 aliphatic carbocycles. The van der Waals surface area contributed by atoms with Crippen LogP contribution in [0.2, 0.25) is 0 Å². The zero-order valence-electron chi connectivity index (χ0n) is 6.64. The van der Waals surface area contributed by atoms with Crippen molar-refractivity contribution < 1.29 is 14.3 Å². The van der Waals surface area contributed by atoms with Gasteiger partial charge in [0, 0.05) is 0 Å². The number of hydrogen-bond acceptors (Lipinski definition) is 3. The standard InChI is InChI=1S/C9H7BrO3/c10-8-7(12-9(11)13-8)6-4-2-1-3-5-6/h1-5,7-8H. The fourth-order valence-electron chi connectivity index (χ4n) is 1.20. The molecule has 1 saturated heterocycles. The first-order valence-electron chi connectivity index (χ1n) is 3.83. The molecule has 1 heterocycles. The Hall–Kier alpha value is -1.03. The van der Waals surface area contributed by atoms with Crippen molar-refractivity contribution >= 4 is 22.1 Å². The molecule has 1 aromatic rings. The fraction of sp³-hybridized carbons (Fsp3) is 0.222. The molecule has 68 valence electrons. The van der Waals surface area contributed by atoms with E-state index in [9.17, 15) is 4.79 Å². The summed E-state index contributed by atoms with van der Waals surface area (Å²) < 4.78 is 9.74. The molecule has 1 aromatic carbocycles. The highest BCUT2D eigenvalue weighted by molar-refractivity contribution is 9.09. The molecule has 0 bridgehead atoms. The molecule has 0 spiro atoms. The van der Waals surface area contributed by atoms with E-state index in [2.05, 4.69) is 15.9 Å². The van der Waals surface area contributed by atoms with Crippen LogP contribution in [0.4, 0.5) is 4.79 Å². The topological polar surface area (TPSA) is 35.5 Å². The Morgan fingerprint density at radius 3 is 2.38 bits per heavy atom. The van der Waals surface area contributed by atoms with Gasteiger partial charge in [0.2, 0.25) is 5.01 Å². The summed E-state index contributed by atoms with van der Waals surface area (Å²) in [4.78, 5) is 10.8. The van der Waals surface area contributed by atoms with Crippen LogP contribution in [0.5, 0.6) is 0 Å². The van der Waals surface area contributed by atoms with Gasteiger partial charge >= 0.3 is 6.16 Å². The normalized spacial score (nSPS) is 26.7. The molecule has 3 nitrogen and oxygen atoms in total. The van der Waals surface area contributed by atoms with Crippen molar-refractivity contribution in [1.82, 2.24) is 0 Å². The third-order valence-electron chi connectivity index (χ3n) is 1.80. The minimum atomic E-state index is -0.629. The molecule has 0 N–H and O–H groups in total. The molecule has 4 heteroatoms. The number of carbonyl (C=O) groups excluding carboxylic acids is 1. The van der Waals surface area contributed by atoms with Crippen LogP contribution in [0.3, 0.4) is 0 Å². The van der Waals surface area contributed by atoms with Gasteiger partial charge in [0.1, 0.15) is 0 Å². The number of rotatable bonds is 1. The quantitative estimate of drug-likeness (QED) is 0.561. The lowest BCUT2D eigenvalue weighted by Gasteiger charge is -2.09. The van der Waals surface area contributed by atoms with Crippen molar-refractivity contribution in [3.63, 3.8) is 0 Å². The summed E-state index contributed by atoms with van der Waals surface area (Å²) in [5.74, 6) is 0. The van der Waals surface area contributed by atoms with E-state index in [1.54, 1.807) is 0 Å². The van der Waals surface area contributed by atoms with Gasteiger partial charge in [-0.05, 0) is 21.5 Å². The van der Waals surface area contributed by atoms with Crippen molar-refractivity contribution in [2.45, 2.75) is 11.1 Å². The second-order valence-corrected chi connectivity index (χ2v) is 3.57. The highest BCUT2D eigenvalue weighted by Gasteiger charge is 2.35. The van der Waals surface area contributed by atoms with E-state index in [4.69, 9.17) is 9.47 Å². The van der Waals surface area contributed by atoms with Gasteiger partial charge in [-0.3, -0.25) is 0 Å². The van der Waals surface area contributed by atoms with Crippen molar-refractivity contribution in [2.24, 2.45) is 0 Å². The number of halogens is 1. The van der Waals surface area contributed by atoms with Crippen molar-refractivity contribution in [3.8, 4) is 0 Å². The first kappa shape index (κ1) is 8.56. The van der Waals surface area contributed by atoms with Crippen LogP contribution < -0.4 is 0 Å². The number of carbonyl (C=O) groups is 1. The third-order valence-corrected chi connectivity index (χ3v) is 2.47. The summed E-state index contributed by atoms with van der Waals surface area (Å²) in [6.07, 6.45) is -0.968. The van der Waals surface area contributed by atoms with E-state index in [1.807, 2.05) is 30.3 Å². The van der Waals surface area contributed by atoms with Crippen LogP contribution in [0.15, 0.2) is 30.3 Å². The van der Waals surface area contributed by atoms with Crippen LogP contribution in [0.1, 0.15) is 11.7 Å². The van der Waals surface area contributed by atoms with Gasteiger partial charge in [0.25, 0.3) is 0 Å². The molecule has 0 saturated carbocycles. The Bertz CT molecular complexity index is 312. The van der Waals surface area contributed by atoms with E-state index >= 15 is 0 Å². The lowest BCUT2D eigenvalue weighted by Crippen LogP contribution is -2.06. The number of ether oxygens (including phenoxy) is 2. The van der Waals surface area contributed by atoms with Crippen LogP contribution in [-0.4, -0.2) is 11.2 Å². The molecular weight excluding hydrogens is 236 g/mol. The maximum Gasteiger partial charge on any atom is 0.510 e. The Morgan fingerprint density at radius 1 is 1.15 bits per heavy atom. The maximum absolute atomic E-state index is 10.8.